The highest BCUT2D eigenvalue weighted by molar-refractivity contribution is 5.19. The number of halogens is 2. The number of benzene rings is 1. The van der Waals surface area contributed by atoms with Crippen LogP contribution in [0.5, 0.6) is 0 Å². The summed E-state index contributed by atoms with van der Waals surface area (Å²) < 4.78 is 29.8. The second kappa shape index (κ2) is 5.89. The Morgan fingerprint density at radius 2 is 1.81 bits per heavy atom. The number of alkyl halides is 2. The Bertz CT molecular complexity index is 573. The van der Waals surface area contributed by atoms with Gasteiger partial charge in [-0.3, -0.25) is 0 Å². The molecule has 0 fully saturated rings. The van der Waals surface area contributed by atoms with Crippen molar-refractivity contribution in [1.29, 1.82) is 0 Å². The third kappa shape index (κ3) is 4.32. The summed E-state index contributed by atoms with van der Waals surface area (Å²) in [5, 5.41) is 7.14. The van der Waals surface area contributed by atoms with E-state index in [4.69, 9.17) is 0 Å². The first kappa shape index (κ1) is 15.6. The minimum Gasteiger partial charge on any atom is -0.305 e. The molecule has 0 radical (unpaired) electrons. The number of nitrogens with zero attached hydrogens (tertiary/aromatic N) is 3. The molecule has 21 heavy (non-hydrogen) atoms. The average Bonchev–Trinajstić information content (AvgIpc) is 2.83. The molecule has 0 aliphatic heterocycles. The molecule has 0 spiro atoms. The molecular weight excluding hydrogens is 274 g/mol. The molecule has 0 saturated heterocycles. The molecule has 0 bridgehead atoms. The van der Waals surface area contributed by atoms with E-state index in [0.717, 1.165) is 0 Å². The summed E-state index contributed by atoms with van der Waals surface area (Å²) in [6.07, 6.45) is 1.31. The second-order valence-electron chi connectivity index (χ2n) is 6.01. The van der Waals surface area contributed by atoms with Gasteiger partial charge in [-0.1, -0.05) is 30.3 Å². The zero-order valence-electron chi connectivity index (χ0n) is 12.5. The van der Waals surface area contributed by atoms with E-state index in [1.807, 2.05) is 20.8 Å². The zero-order valence-corrected chi connectivity index (χ0v) is 12.5. The maximum absolute atomic E-state index is 14.3. The van der Waals surface area contributed by atoms with Gasteiger partial charge in [0.05, 0.1) is 6.54 Å². The first-order valence-corrected chi connectivity index (χ1v) is 6.83. The van der Waals surface area contributed by atoms with Gasteiger partial charge in [0, 0.05) is 11.1 Å². The van der Waals surface area contributed by atoms with Crippen LogP contribution in [0.1, 0.15) is 32.2 Å². The summed E-state index contributed by atoms with van der Waals surface area (Å²) in [7, 11) is 0. The summed E-state index contributed by atoms with van der Waals surface area (Å²) >= 11 is 0. The number of hydrogen-bond acceptors (Lipinski definition) is 3. The number of aromatic nitrogens is 3. The van der Waals surface area contributed by atoms with E-state index in [2.05, 4.69) is 15.4 Å². The fourth-order valence-electron chi connectivity index (χ4n) is 1.86. The van der Waals surface area contributed by atoms with E-state index in [1.165, 1.54) is 23.1 Å². The second-order valence-corrected chi connectivity index (χ2v) is 6.01. The molecule has 0 saturated carbocycles. The van der Waals surface area contributed by atoms with Crippen LogP contribution in [-0.2, 0) is 19.0 Å². The van der Waals surface area contributed by atoms with Crippen molar-refractivity contribution >= 4 is 0 Å². The molecular formula is C15H20F2N4. The Balaban J connectivity index is 2.11. The highest BCUT2D eigenvalue weighted by Crippen LogP contribution is 2.29. The smallest absolute Gasteiger partial charge is 0.292 e. The Hall–Kier alpha value is -1.82. The van der Waals surface area contributed by atoms with Crippen molar-refractivity contribution in [3.8, 4) is 0 Å². The first-order chi connectivity index (χ1) is 9.78. The SMILES string of the molecule is CC(C)(C)NCc1ncnn1CC(F)(F)c1ccccc1. The topological polar surface area (TPSA) is 42.7 Å². The van der Waals surface area contributed by atoms with E-state index in [-0.39, 0.29) is 11.1 Å². The molecule has 1 heterocycles. The van der Waals surface area contributed by atoms with Gasteiger partial charge in [0.1, 0.15) is 18.7 Å². The van der Waals surface area contributed by atoms with Crippen molar-refractivity contribution in [2.24, 2.45) is 0 Å². The van der Waals surface area contributed by atoms with Crippen molar-refractivity contribution in [3.63, 3.8) is 0 Å². The van der Waals surface area contributed by atoms with Crippen LogP contribution in [0.25, 0.3) is 0 Å². The summed E-state index contributed by atoms with van der Waals surface area (Å²) in [5.41, 5.74) is -0.131. The Kier molecular flexibility index (Phi) is 4.37. The first-order valence-electron chi connectivity index (χ1n) is 6.83. The number of nitrogens with one attached hydrogen (secondary N) is 1. The van der Waals surface area contributed by atoms with Gasteiger partial charge < -0.3 is 5.32 Å². The fraction of sp³-hybridized carbons (Fsp3) is 0.467. The van der Waals surface area contributed by atoms with E-state index < -0.39 is 12.5 Å². The van der Waals surface area contributed by atoms with E-state index in [1.54, 1.807) is 18.2 Å². The molecule has 0 atom stereocenters. The summed E-state index contributed by atoms with van der Waals surface area (Å²) in [5.74, 6) is -2.48. The van der Waals surface area contributed by atoms with Gasteiger partial charge in [0.2, 0.25) is 0 Å². The summed E-state index contributed by atoms with van der Waals surface area (Å²) in [6.45, 7) is 5.90. The maximum Gasteiger partial charge on any atom is 0.292 e. The van der Waals surface area contributed by atoms with Crippen LogP contribution in [0.2, 0.25) is 0 Å². The molecule has 1 N–H and O–H groups in total. The Morgan fingerprint density at radius 1 is 1.14 bits per heavy atom. The highest BCUT2D eigenvalue weighted by Gasteiger charge is 2.33. The number of hydrogen-bond donors (Lipinski definition) is 1. The molecule has 1 aromatic carbocycles. The molecule has 114 valence electrons. The van der Waals surface area contributed by atoms with Crippen molar-refractivity contribution < 1.29 is 8.78 Å². The lowest BCUT2D eigenvalue weighted by atomic mass is 10.1. The zero-order chi connectivity index (χ0) is 15.5. The van der Waals surface area contributed by atoms with Crippen molar-refractivity contribution in [3.05, 3.63) is 48.0 Å². The molecule has 2 rings (SSSR count). The lowest BCUT2D eigenvalue weighted by Gasteiger charge is -2.21. The van der Waals surface area contributed by atoms with Crippen LogP contribution in [0.4, 0.5) is 8.78 Å². The lowest BCUT2D eigenvalue weighted by molar-refractivity contribution is -0.0263. The van der Waals surface area contributed by atoms with E-state index in [9.17, 15) is 8.78 Å². The molecule has 4 nitrogen and oxygen atoms in total. The van der Waals surface area contributed by atoms with Gasteiger partial charge in [-0.05, 0) is 20.8 Å². The third-order valence-electron chi connectivity index (χ3n) is 3.02. The van der Waals surface area contributed by atoms with Crippen molar-refractivity contribution in [2.75, 3.05) is 0 Å². The Labute approximate surface area is 123 Å². The predicted octanol–water partition coefficient (Wildman–Crippen LogP) is 2.96. The van der Waals surface area contributed by atoms with Crippen LogP contribution in [0.15, 0.2) is 36.7 Å². The predicted molar refractivity (Wildman–Crippen MR) is 77.0 cm³/mol. The van der Waals surface area contributed by atoms with Gasteiger partial charge >= 0.3 is 0 Å². The van der Waals surface area contributed by atoms with Gasteiger partial charge in [-0.2, -0.15) is 13.9 Å². The average molecular weight is 294 g/mol. The van der Waals surface area contributed by atoms with Crippen LogP contribution in [-0.4, -0.2) is 20.3 Å². The highest BCUT2D eigenvalue weighted by atomic mass is 19.3. The van der Waals surface area contributed by atoms with Gasteiger partial charge in [-0.25, -0.2) is 9.67 Å². The minimum absolute atomic E-state index is 0.0183. The molecule has 2 aromatic rings. The molecule has 1 aromatic heterocycles. The van der Waals surface area contributed by atoms with Crippen LogP contribution >= 0.6 is 0 Å². The lowest BCUT2D eigenvalue weighted by Crippen LogP contribution is -2.36. The van der Waals surface area contributed by atoms with Crippen molar-refractivity contribution in [1.82, 2.24) is 20.1 Å². The number of rotatable bonds is 5. The van der Waals surface area contributed by atoms with E-state index in [0.29, 0.717) is 12.4 Å². The normalized spacial score (nSPS) is 12.6. The van der Waals surface area contributed by atoms with E-state index >= 15 is 0 Å². The van der Waals surface area contributed by atoms with Crippen LogP contribution in [0.3, 0.4) is 0 Å². The van der Waals surface area contributed by atoms with Crippen LogP contribution < -0.4 is 5.32 Å². The molecule has 0 amide bonds. The fourth-order valence-corrected chi connectivity index (χ4v) is 1.86. The van der Waals surface area contributed by atoms with Crippen molar-refractivity contribution in [2.45, 2.75) is 45.3 Å². The molecule has 0 unspecified atom stereocenters. The third-order valence-corrected chi connectivity index (χ3v) is 3.02. The van der Waals surface area contributed by atoms with Gasteiger partial charge in [0.25, 0.3) is 5.92 Å². The summed E-state index contributed by atoms with van der Waals surface area (Å²) in [6, 6.07) is 7.76. The summed E-state index contributed by atoms with van der Waals surface area (Å²) in [4.78, 5) is 4.05. The standard InChI is InChI=1S/C15H20F2N4/c1-14(2,3)19-9-13-18-11-20-21(13)10-15(16,17)12-7-5-4-6-8-12/h4-8,11,19H,9-10H2,1-3H3. The minimum atomic E-state index is -2.98. The monoisotopic (exact) mass is 294 g/mol. The quantitative estimate of drug-likeness (QED) is 0.922. The van der Waals surface area contributed by atoms with Crippen LogP contribution in [0, 0.1) is 0 Å². The Morgan fingerprint density at radius 3 is 2.43 bits per heavy atom. The largest absolute Gasteiger partial charge is 0.305 e. The molecule has 0 aliphatic carbocycles. The molecule has 6 heteroatoms. The van der Waals surface area contributed by atoms with Gasteiger partial charge in [0.15, 0.2) is 0 Å². The van der Waals surface area contributed by atoms with Gasteiger partial charge in [-0.15, -0.1) is 0 Å². The maximum atomic E-state index is 14.3. The molecule has 0 aliphatic rings.